The normalized spacial score (nSPS) is 10.7. The maximum atomic E-state index is 12.3. The zero-order chi connectivity index (χ0) is 17.0. The van der Waals surface area contributed by atoms with E-state index in [1.165, 1.54) is 16.7 Å². The summed E-state index contributed by atoms with van der Waals surface area (Å²) in [5.74, 6) is 0.345. The van der Waals surface area contributed by atoms with Crippen molar-refractivity contribution in [3.63, 3.8) is 0 Å². The van der Waals surface area contributed by atoms with Gasteiger partial charge in [-0.1, -0.05) is 38.1 Å². The molecule has 2 aromatic rings. The molecule has 2 rings (SSSR count). The van der Waals surface area contributed by atoms with Gasteiger partial charge in [0.2, 0.25) is 5.91 Å². The Morgan fingerprint density at radius 2 is 1.74 bits per heavy atom. The molecule has 122 valence electrons. The molecular weight excluding hydrogens is 284 g/mol. The van der Waals surface area contributed by atoms with Gasteiger partial charge in [0.25, 0.3) is 0 Å². The number of aryl methyl sites for hydroxylation is 3. The fraction of sp³-hybridized carbons (Fsp3) is 0.350. The van der Waals surface area contributed by atoms with Gasteiger partial charge in [-0.05, 0) is 61.1 Å². The van der Waals surface area contributed by atoms with Crippen LogP contribution in [0.2, 0.25) is 0 Å². The van der Waals surface area contributed by atoms with Crippen LogP contribution < -0.4 is 10.6 Å². The van der Waals surface area contributed by atoms with Gasteiger partial charge in [0.05, 0.1) is 6.54 Å². The molecule has 3 heteroatoms. The Bertz CT molecular complexity index is 705. The van der Waals surface area contributed by atoms with Crippen molar-refractivity contribution in [1.82, 2.24) is 0 Å². The summed E-state index contributed by atoms with van der Waals surface area (Å²) in [6.45, 7) is 10.7. The van der Waals surface area contributed by atoms with Crippen molar-refractivity contribution in [1.29, 1.82) is 0 Å². The van der Waals surface area contributed by atoms with Crippen molar-refractivity contribution in [2.45, 2.75) is 40.5 Å². The molecule has 0 unspecified atom stereocenters. The number of carbonyl (C=O) groups is 1. The number of nitrogens with one attached hydrogen (secondary N) is 2. The summed E-state index contributed by atoms with van der Waals surface area (Å²) in [5.41, 5.74) is 6.64. The molecule has 3 nitrogen and oxygen atoms in total. The van der Waals surface area contributed by atoms with Crippen molar-refractivity contribution in [2.24, 2.45) is 0 Å². The number of benzene rings is 2. The van der Waals surface area contributed by atoms with Gasteiger partial charge in [0.1, 0.15) is 0 Å². The quantitative estimate of drug-likeness (QED) is 0.834. The van der Waals surface area contributed by atoms with Crippen LogP contribution in [0.25, 0.3) is 0 Å². The lowest BCUT2D eigenvalue weighted by Gasteiger charge is -2.17. The number of hydrogen-bond acceptors (Lipinski definition) is 2. The molecule has 0 aromatic heterocycles. The van der Waals surface area contributed by atoms with E-state index in [1.807, 2.05) is 25.1 Å². The molecule has 0 fully saturated rings. The van der Waals surface area contributed by atoms with Crippen molar-refractivity contribution >= 4 is 17.3 Å². The largest absolute Gasteiger partial charge is 0.376 e. The van der Waals surface area contributed by atoms with E-state index < -0.39 is 0 Å². The first-order valence-electron chi connectivity index (χ1n) is 8.09. The summed E-state index contributed by atoms with van der Waals surface area (Å²) in [5, 5.41) is 6.24. The maximum Gasteiger partial charge on any atom is 0.243 e. The first kappa shape index (κ1) is 17.1. The lowest BCUT2D eigenvalue weighted by Crippen LogP contribution is -2.23. The summed E-state index contributed by atoms with van der Waals surface area (Å²) in [7, 11) is 0. The molecule has 0 bridgehead atoms. The Morgan fingerprint density at radius 1 is 1.00 bits per heavy atom. The second-order valence-electron chi connectivity index (χ2n) is 6.39. The zero-order valence-electron chi connectivity index (χ0n) is 14.7. The molecule has 1 amide bonds. The first-order chi connectivity index (χ1) is 10.9. The van der Waals surface area contributed by atoms with Gasteiger partial charge in [0.15, 0.2) is 0 Å². The summed E-state index contributed by atoms with van der Waals surface area (Å²) >= 11 is 0. The third-order valence-electron chi connectivity index (χ3n) is 4.15. The molecule has 0 saturated heterocycles. The number of amides is 1. The summed E-state index contributed by atoms with van der Waals surface area (Å²) < 4.78 is 0. The summed E-state index contributed by atoms with van der Waals surface area (Å²) in [6, 6.07) is 12.3. The Morgan fingerprint density at radius 3 is 2.39 bits per heavy atom. The van der Waals surface area contributed by atoms with Gasteiger partial charge in [-0.3, -0.25) is 4.79 Å². The average Bonchev–Trinajstić information content (AvgIpc) is 2.50. The van der Waals surface area contributed by atoms with Crippen LogP contribution in [-0.2, 0) is 4.79 Å². The second kappa shape index (κ2) is 7.32. The molecule has 0 saturated carbocycles. The summed E-state index contributed by atoms with van der Waals surface area (Å²) in [4.78, 5) is 12.3. The van der Waals surface area contributed by atoms with Crippen molar-refractivity contribution in [3.05, 3.63) is 58.7 Å². The number of hydrogen-bond donors (Lipinski definition) is 2. The number of carbonyl (C=O) groups excluding carboxylic acids is 1. The van der Waals surface area contributed by atoms with Crippen LogP contribution in [0, 0.1) is 20.8 Å². The Labute approximate surface area is 139 Å². The standard InChI is InChI=1S/C20H26N2O/c1-13(2)18-8-6-7-15(4)20(18)22-19(23)12-21-17-10-9-14(3)16(5)11-17/h6-11,13,21H,12H2,1-5H3,(H,22,23). The Kier molecular flexibility index (Phi) is 5.43. The van der Waals surface area contributed by atoms with Crippen LogP contribution in [0.4, 0.5) is 11.4 Å². The summed E-state index contributed by atoms with van der Waals surface area (Å²) in [6.07, 6.45) is 0. The van der Waals surface area contributed by atoms with Crippen LogP contribution in [-0.4, -0.2) is 12.5 Å². The minimum Gasteiger partial charge on any atom is -0.376 e. The minimum atomic E-state index is -0.0283. The van der Waals surface area contributed by atoms with E-state index in [1.54, 1.807) is 0 Å². The maximum absolute atomic E-state index is 12.3. The average molecular weight is 310 g/mol. The molecule has 0 aliphatic rings. The Balaban J connectivity index is 2.04. The van der Waals surface area contributed by atoms with E-state index in [0.29, 0.717) is 5.92 Å². The fourth-order valence-corrected chi connectivity index (χ4v) is 2.56. The van der Waals surface area contributed by atoms with Crippen LogP contribution in [0.3, 0.4) is 0 Å². The SMILES string of the molecule is Cc1ccc(NCC(=O)Nc2c(C)cccc2C(C)C)cc1C. The molecule has 0 aliphatic heterocycles. The minimum absolute atomic E-state index is 0.0283. The second-order valence-corrected chi connectivity index (χ2v) is 6.39. The van der Waals surface area contributed by atoms with Crippen LogP contribution in [0.15, 0.2) is 36.4 Å². The van der Waals surface area contributed by atoms with Crippen molar-refractivity contribution < 1.29 is 4.79 Å². The van der Waals surface area contributed by atoms with E-state index >= 15 is 0 Å². The Hall–Kier alpha value is -2.29. The van der Waals surface area contributed by atoms with Gasteiger partial charge in [-0.2, -0.15) is 0 Å². The molecule has 23 heavy (non-hydrogen) atoms. The molecular formula is C20H26N2O. The number of para-hydroxylation sites is 1. The lowest BCUT2D eigenvalue weighted by molar-refractivity contribution is -0.114. The predicted molar refractivity (Wildman–Crippen MR) is 98.3 cm³/mol. The van der Waals surface area contributed by atoms with E-state index in [0.717, 1.165) is 16.9 Å². The molecule has 2 aromatic carbocycles. The van der Waals surface area contributed by atoms with Crippen molar-refractivity contribution in [3.8, 4) is 0 Å². The topological polar surface area (TPSA) is 41.1 Å². The van der Waals surface area contributed by atoms with Gasteiger partial charge < -0.3 is 10.6 Å². The molecule has 2 N–H and O–H groups in total. The highest BCUT2D eigenvalue weighted by molar-refractivity contribution is 5.95. The highest BCUT2D eigenvalue weighted by Gasteiger charge is 2.11. The van der Waals surface area contributed by atoms with Crippen LogP contribution in [0.5, 0.6) is 0 Å². The van der Waals surface area contributed by atoms with E-state index in [2.05, 4.69) is 56.5 Å². The molecule has 0 atom stereocenters. The van der Waals surface area contributed by atoms with Gasteiger partial charge >= 0.3 is 0 Å². The number of rotatable bonds is 5. The fourth-order valence-electron chi connectivity index (χ4n) is 2.56. The monoisotopic (exact) mass is 310 g/mol. The molecule has 0 radical (unpaired) electrons. The van der Waals surface area contributed by atoms with Crippen LogP contribution in [0.1, 0.15) is 42.0 Å². The van der Waals surface area contributed by atoms with Gasteiger partial charge in [-0.15, -0.1) is 0 Å². The molecule has 0 aliphatic carbocycles. The molecule has 0 spiro atoms. The van der Waals surface area contributed by atoms with E-state index in [-0.39, 0.29) is 12.5 Å². The lowest BCUT2D eigenvalue weighted by atomic mass is 9.98. The van der Waals surface area contributed by atoms with Gasteiger partial charge in [0, 0.05) is 11.4 Å². The third kappa shape index (κ3) is 4.35. The van der Waals surface area contributed by atoms with Crippen molar-refractivity contribution in [2.75, 3.05) is 17.2 Å². The highest BCUT2D eigenvalue weighted by Crippen LogP contribution is 2.27. The third-order valence-corrected chi connectivity index (χ3v) is 4.15. The number of anilines is 2. The van der Waals surface area contributed by atoms with E-state index in [4.69, 9.17) is 0 Å². The molecule has 0 heterocycles. The highest BCUT2D eigenvalue weighted by atomic mass is 16.1. The van der Waals surface area contributed by atoms with Crippen LogP contribution >= 0.6 is 0 Å². The van der Waals surface area contributed by atoms with Gasteiger partial charge in [-0.25, -0.2) is 0 Å². The van der Waals surface area contributed by atoms with E-state index in [9.17, 15) is 4.79 Å². The smallest absolute Gasteiger partial charge is 0.243 e. The zero-order valence-corrected chi connectivity index (χ0v) is 14.7. The first-order valence-corrected chi connectivity index (χ1v) is 8.09. The predicted octanol–water partition coefficient (Wildman–Crippen LogP) is 4.79.